The van der Waals surface area contributed by atoms with Crippen LogP contribution >= 0.6 is 0 Å². The summed E-state index contributed by atoms with van der Waals surface area (Å²) in [7, 11) is 0. The van der Waals surface area contributed by atoms with Gasteiger partial charge in [0.2, 0.25) is 0 Å². The van der Waals surface area contributed by atoms with Crippen molar-refractivity contribution in [3.8, 4) is 0 Å². The number of aromatic nitrogens is 4. The van der Waals surface area contributed by atoms with Gasteiger partial charge in [0.05, 0.1) is 5.69 Å². The minimum absolute atomic E-state index is 0.0613. The number of nitrogens with one attached hydrogen (secondary N) is 1. The highest BCUT2D eigenvalue weighted by molar-refractivity contribution is 5.36. The number of fused-ring (bicyclic) bond motifs is 1. The van der Waals surface area contributed by atoms with Crippen molar-refractivity contribution >= 4 is 5.65 Å². The molecule has 0 spiro atoms. The van der Waals surface area contributed by atoms with Crippen molar-refractivity contribution in [2.45, 2.75) is 19.5 Å². The number of hydrogen-bond donors (Lipinski definition) is 1. The van der Waals surface area contributed by atoms with Gasteiger partial charge in [0.25, 0.3) is 5.56 Å². The van der Waals surface area contributed by atoms with Gasteiger partial charge in [-0.3, -0.25) is 24.7 Å². The predicted octanol–water partition coefficient (Wildman–Crippen LogP) is 1.30. The van der Waals surface area contributed by atoms with Crippen LogP contribution in [0.2, 0.25) is 0 Å². The molecule has 1 atom stereocenters. The van der Waals surface area contributed by atoms with Crippen LogP contribution in [-0.4, -0.2) is 55.6 Å². The Morgan fingerprint density at radius 2 is 2.08 bits per heavy atom. The second-order valence-electron chi connectivity index (χ2n) is 6.52. The maximum Gasteiger partial charge on any atom is 0.272 e. The quantitative estimate of drug-likeness (QED) is 0.776. The molecular formula is C18H22N6O. The van der Waals surface area contributed by atoms with Gasteiger partial charge in [0, 0.05) is 69.5 Å². The fraction of sp³-hybridized carbons (Fsp3) is 0.389. The van der Waals surface area contributed by atoms with Crippen LogP contribution in [-0.2, 0) is 6.54 Å². The van der Waals surface area contributed by atoms with E-state index in [1.165, 1.54) is 10.1 Å². The predicted molar refractivity (Wildman–Crippen MR) is 95.3 cm³/mol. The summed E-state index contributed by atoms with van der Waals surface area (Å²) in [6.45, 7) is 6.89. The van der Waals surface area contributed by atoms with Crippen molar-refractivity contribution in [3.63, 3.8) is 0 Å². The zero-order valence-corrected chi connectivity index (χ0v) is 14.3. The Kier molecular flexibility index (Phi) is 4.33. The van der Waals surface area contributed by atoms with E-state index < -0.39 is 0 Å². The molecule has 1 saturated heterocycles. The Balaban J connectivity index is 1.39. The number of piperazine rings is 1. The van der Waals surface area contributed by atoms with Crippen molar-refractivity contribution < 1.29 is 0 Å². The van der Waals surface area contributed by atoms with Crippen LogP contribution in [0.1, 0.15) is 24.2 Å². The van der Waals surface area contributed by atoms with E-state index in [-0.39, 0.29) is 5.56 Å². The van der Waals surface area contributed by atoms with Crippen molar-refractivity contribution in [2.75, 3.05) is 26.2 Å². The summed E-state index contributed by atoms with van der Waals surface area (Å²) in [5, 5.41) is 2.87. The minimum atomic E-state index is -0.0613. The van der Waals surface area contributed by atoms with E-state index in [0.717, 1.165) is 31.9 Å². The first kappa shape index (κ1) is 16.0. The third-order valence-corrected chi connectivity index (χ3v) is 4.94. The Hall–Kier alpha value is -2.51. The molecule has 25 heavy (non-hydrogen) atoms. The Labute approximate surface area is 145 Å². The normalized spacial score (nSPS) is 17.8. The summed E-state index contributed by atoms with van der Waals surface area (Å²) >= 11 is 0. The van der Waals surface area contributed by atoms with Crippen LogP contribution < -0.4 is 5.56 Å². The molecule has 3 aromatic rings. The monoisotopic (exact) mass is 338 g/mol. The minimum Gasteiger partial charge on any atom is -0.297 e. The van der Waals surface area contributed by atoms with Crippen molar-refractivity contribution in [1.82, 2.24) is 29.4 Å². The molecule has 0 aromatic carbocycles. The van der Waals surface area contributed by atoms with Gasteiger partial charge < -0.3 is 0 Å². The highest BCUT2D eigenvalue weighted by Crippen LogP contribution is 2.21. The van der Waals surface area contributed by atoms with E-state index in [1.807, 2.05) is 24.5 Å². The molecule has 4 rings (SSSR count). The van der Waals surface area contributed by atoms with E-state index >= 15 is 0 Å². The molecule has 0 radical (unpaired) electrons. The maximum absolute atomic E-state index is 12.1. The molecule has 1 N–H and O–H groups in total. The fourth-order valence-electron chi connectivity index (χ4n) is 3.43. The lowest BCUT2D eigenvalue weighted by Crippen LogP contribution is -2.46. The van der Waals surface area contributed by atoms with Crippen LogP contribution in [0, 0.1) is 0 Å². The second-order valence-corrected chi connectivity index (χ2v) is 6.52. The maximum atomic E-state index is 12.1. The summed E-state index contributed by atoms with van der Waals surface area (Å²) in [5.41, 5.74) is 2.70. The van der Waals surface area contributed by atoms with Gasteiger partial charge in [-0.15, -0.1) is 0 Å². The fourth-order valence-corrected chi connectivity index (χ4v) is 3.43. The molecule has 3 aromatic heterocycles. The van der Waals surface area contributed by atoms with Crippen LogP contribution in [0.15, 0.2) is 47.7 Å². The van der Waals surface area contributed by atoms with Crippen LogP contribution in [0.5, 0.6) is 0 Å². The standard InChI is InChI=1S/C18H22N6O/c1-14(15-3-2-5-19-12-15)23-9-7-22(8-10-23)13-16-11-18(25)24-17(21-16)4-6-20-24/h2-6,11-12,14,20H,7-10,13H2,1H3. The zero-order chi connectivity index (χ0) is 17.2. The van der Waals surface area contributed by atoms with Gasteiger partial charge in [-0.2, -0.15) is 0 Å². The molecule has 1 fully saturated rings. The highest BCUT2D eigenvalue weighted by atomic mass is 16.1. The number of rotatable bonds is 4. The van der Waals surface area contributed by atoms with Gasteiger partial charge in [0.1, 0.15) is 0 Å². The van der Waals surface area contributed by atoms with Gasteiger partial charge in [-0.05, 0) is 18.6 Å². The van der Waals surface area contributed by atoms with Crippen molar-refractivity contribution in [3.05, 3.63) is 64.5 Å². The lowest BCUT2D eigenvalue weighted by molar-refractivity contribution is 0.0969. The zero-order valence-electron chi connectivity index (χ0n) is 14.3. The third-order valence-electron chi connectivity index (χ3n) is 4.94. The average Bonchev–Trinajstić information content (AvgIpc) is 3.12. The lowest BCUT2D eigenvalue weighted by atomic mass is 10.1. The number of pyridine rings is 1. The molecule has 1 aliphatic rings. The number of H-pyrrole nitrogens is 1. The summed E-state index contributed by atoms with van der Waals surface area (Å²) in [6, 6.07) is 7.93. The smallest absolute Gasteiger partial charge is 0.272 e. The molecule has 1 aliphatic heterocycles. The summed E-state index contributed by atoms with van der Waals surface area (Å²) in [4.78, 5) is 25.7. The van der Waals surface area contributed by atoms with Crippen molar-refractivity contribution in [1.29, 1.82) is 0 Å². The van der Waals surface area contributed by atoms with Crippen LogP contribution in [0.25, 0.3) is 5.65 Å². The topological polar surface area (TPSA) is 69.5 Å². The largest absolute Gasteiger partial charge is 0.297 e. The summed E-state index contributed by atoms with van der Waals surface area (Å²) in [5.74, 6) is 0. The van der Waals surface area contributed by atoms with E-state index in [2.05, 4.69) is 37.9 Å². The van der Waals surface area contributed by atoms with Crippen molar-refractivity contribution in [2.24, 2.45) is 0 Å². The lowest BCUT2D eigenvalue weighted by Gasteiger charge is -2.38. The number of aromatic amines is 1. The van der Waals surface area contributed by atoms with Crippen LogP contribution in [0.3, 0.4) is 0 Å². The summed E-state index contributed by atoms with van der Waals surface area (Å²) < 4.78 is 1.46. The molecule has 0 saturated carbocycles. The van der Waals surface area contributed by atoms with Gasteiger partial charge in [-0.1, -0.05) is 6.07 Å². The Morgan fingerprint density at radius 1 is 1.24 bits per heavy atom. The number of hydrogen-bond acceptors (Lipinski definition) is 5. The van der Waals surface area contributed by atoms with Gasteiger partial charge >= 0.3 is 0 Å². The molecule has 0 bridgehead atoms. The first-order chi connectivity index (χ1) is 12.2. The van der Waals surface area contributed by atoms with E-state index in [0.29, 0.717) is 18.2 Å². The van der Waals surface area contributed by atoms with E-state index in [4.69, 9.17) is 0 Å². The third kappa shape index (κ3) is 3.33. The molecule has 4 heterocycles. The first-order valence-corrected chi connectivity index (χ1v) is 8.63. The van der Waals surface area contributed by atoms with Gasteiger partial charge in [-0.25, -0.2) is 9.50 Å². The van der Waals surface area contributed by atoms with Crippen LogP contribution in [0.4, 0.5) is 0 Å². The average molecular weight is 338 g/mol. The molecule has 7 heteroatoms. The molecular weight excluding hydrogens is 316 g/mol. The second kappa shape index (κ2) is 6.78. The Morgan fingerprint density at radius 3 is 2.84 bits per heavy atom. The molecule has 0 amide bonds. The highest BCUT2D eigenvalue weighted by Gasteiger charge is 2.22. The SMILES string of the molecule is CC(c1cccnc1)N1CCN(Cc2cc(=O)n3[nH]ccc3n2)CC1. The molecule has 1 unspecified atom stereocenters. The van der Waals surface area contributed by atoms with Gasteiger partial charge in [0.15, 0.2) is 5.65 Å². The molecule has 7 nitrogen and oxygen atoms in total. The van der Waals surface area contributed by atoms with E-state index in [9.17, 15) is 4.79 Å². The van der Waals surface area contributed by atoms with E-state index in [1.54, 1.807) is 12.3 Å². The first-order valence-electron chi connectivity index (χ1n) is 8.63. The number of nitrogens with zero attached hydrogens (tertiary/aromatic N) is 5. The Bertz CT molecular complexity index is 895. The molecule has 0 aliphatic carbocycles. The molecule has 130 valence electrons. The summed E-state index contributed by atoms with van der Waals surface area (Å²) in [6.07, 6.45) is 5.48.